The summed E-state index contributed by atoms with van der Waals surface area (Å²) < 4.78 is 38.1. The van der Waals surface area contributed by atoms with Gasteiger partial charge in [-0.15, -0.1) is 0 Å². The number of alkyl halides is 3. The number of amides is 4. The van der Waals surface area contributed by atoms with E-state index in [0.29, 0.717) is 18.4 Å². The normalized spacial score (nSPS) is 25.6. The molecule has 1 spiro atoms. The molecule has 0 aromatic heterocycles. The first kappa shape index (κ1) is 23.1. The van der Waals surface area contributed by atoms with Gasteiger partial charge in [-0.1, -0.05) is 32.9 Å². The zero-order valence-electron chi connectivity index (χ0n) is 18.2. The van der Waals surface area contributed by atoms with Gasteiger partial charge in [0.05, 0.1) is 5.56 Å². The highest BCUT2D eigenvalue weighted by Gasteiger charge is 2.56. The lowest BCUT2D eigenvalue weighted by molar-refractivity contribution is -0.140. The third-order valence-corrected chi connectivity index (χ3v) is 6.04. The van der Waals surface area contributed by atoms with Crippen molar-refractivity contribution in [2.45, 2.75) is 58.3 Å². The molecule has 2 aliphatic rings. The summed E-state index contributed by atoms with van der Waals surface area (Å²) in [6.45, 7) is 5.84. The van der Waals surface area contributed by atoms with Gasteiger partial charge in [0, 0.05) is 13.6 Å². The lowest BCUT2D eigenvalue weighted by atomic mass is 9.64. The van der Waals surface area contributed by atoms with E-state index in [1.165, 1.54) is 24.1 Å². The number of urea groups is 1. The molecule has 1 N–H and O–H groups in total. The zero-order valence-corrected chi connectivity index (χ0v) is 18.2. The third-order valence-electron chi connectivity index (χ3n) is 6.04. The van der Waals surface area contributed by atoms with Crippen molar-refractivity contribution in [2.24, 2.45) is 11.3 Å². The Morgan fingerprint density at radius 1 is 1.19 bits per heavy atom. The molecule has 1 aliphatic heterocycles. The Balaban J connectivity index is 1.66. The van der Waals surface area contributed by atoms with Crippen LogP contribution >= 0.6 is 0 Å². The fraction of sp³-hybridized carbons (Fsp3) is 0.591. The second kappa shape index (κ2) is 7.84. The Bertz CT molecular complexity index is 882. The monoisotopic (exact) mass is 439 g/mol. The first-order valence-electron chi connectivity index (χ1n) is 10.3. The molecule has 9 heteroatoms. The van der Waals surface area contributed by atoms with Crippen molar-refractivity contribution in [3.8, 4) is 0 Å². The Kier molecular flexibility index (Phi) is 5.84. The van der Waals surface area contributed by atoms with Crippen LogP contribution in [0.4, 0.5) is 18.0 Å². The summed E-state index contributed by atoms with van der Waals surface area (Å²) in [6, 6.07) is 3.95. The van der Waals surface area contributed by atoms with Crippen LogP contribution in [0.3, 0.4) is 0 Å². The van der Waals surface area contributed by atoms with Gasteiger partial charge in [0.1, 0.15) is 12.1 Å². The van der Waals surface area contributed by atoms with E-state index in [1.807, 2.05) is 6.92 Å². The Hall–Kier alpha value is -2.58. The van der Waals surface area contributed by atoms with Gasteiger partial charge in [-0.25, -0.2) is 4.79 Å². The van der Waals surface area contributed by atoms with Crippen molar-refractivity contribution < 1.29 is 27.6 Å². The van der Waals surface area contributed by atoms with Gasteiger partial charge >= 0.3 is 12.2 Å². The summed E-state index contributed by atoms with van der Waals surface area (Å²) in [6.07, 6.45) is -2.42. The Morgan fingerprint density at radius 3 is 2.35 bits per heavy atom. The van der Waals surface area contributed by atoms with Gasteiger partial charge in [0.2, 0.25) is 5.91 Å². The fourth-order valence-electron chi connectivity index (χ4n) is 5.07. The summed E-state index contributed by atoms with van der Waals surface area (Å²) in [5.74, 6) is -0.594. The van der Waals surface area contributed by atoms with E-state index in [2.05, 4.69) is 19.2 Å². The number of nitrogens with zero attached hydrogens (tertiary/aromatic N) is 2. The van der Waals surface area contributed by atoms with Crippen LogP contribution in [0.15, 0.2) is 24.3 Å². The minimum Gasteiger partial charge on any atom is -0.340 e. The lowest BCUT2D eigenvalue weighted by Crippen LogP contribution is -2.54. The van der Waals surface area contributed by atoms with E-state index in [-0.39, 0.29) is 23.8 Å². The molecule has 1 aliphatic carbocycles. The maximum absolute atomic E-state index is 13.1. The highest BCUT2D eigenvalue weighted by Crippen LogP contribution is 2.46. The number of benzene rings is 1. The number of halogens is 3. The van der Waals surface area contributed by atoms with E-state index in [9.17, 15) is 27.6 Å². The summed E-state index contributed by atoms with van der Waals surface area (Å²) in [5, 5.41) is 2.83. The first-order valence-corrected chi connectivity index (χ1v) is 10.3. The van der Waals surface area contributed by atoms with E-state index >= 15 is 0 Å². The van der Waals surface area contributed by atoms with Gasteiger partial charge in [-0.3, -0.25) is 14.5 Å². The van der Waals surface area contributed by atoms with E-state index in [0.717, 1.165) is 23.5 Å². The number of carbonyl (C=O) groups excluding carboxylic acids is 3. The average Bonchev–Trinajstić information content (AvgIpc) is 2.82. The molecule has 1 saturated heterocycles. The summed E-state index contributed by atoms with van der Waals surface area (Å²) >= 11 is 0. The molecular formula is C22H28F3N3O3. The topological polar surface area (TPSA) is 69.7 Å². The second-order valence-electron chi connectivity index (χ2n) is 9.70. The van der Waals surface area contributed by atoms with Crippen molar-refractivity contribution in [1.29, 1.82) is 0 Å². The molecule has 4 amide bonds. The molecule has 2 fully saturated rings. The van der Waals surface area contributed by atoms with Gasteiger partial charge in [-0.2, -0.15) is 13.2 Å². The number of nitrogens with one attached hydrogen (secondary N) is 1. The lowest BCUT2D eigenvalue weighted by Gasteiger charge is -2.43. The Morgan fingerprint density at radius 2 is 1.81 bits per heavy atom. The van der Waals surface area contributed by atoms with Crippen molar-refractivity contribution in [2.75, 3.05) is 13.6 Å². The second-order valence-corrected chi connectivity index (χ2v) is 9.70. The number of imide groups is 1. The van der Waals surface area contributed by atoms with Crippen molar-refractivity contribution in [3.63, 3.8) is 0 Å². The molecule has 170 valence electrons. The van der Waals surface area contributed by atoms with Crippen LogP contribution in [-0.2, 0) is 22.3 Å². The molecule has 1 aromatic carbocycles. The highest BCUT2D eigenvalue weighted by atomic mass is 19.4. The Labute approximate surface area is 179 Å². The molecule has 1 aromatic rings. The predicted molar refractivity (Wildman–Crippen MR) is 108 cm³/mol. The molecule has 6 nitrogen and oxygen atoms in total. The summed E-state index contributed by atoms with van der Waals surface area (Å²) in [5.41, 5.74) is -1.34. The molecule has 0 radical (unpaired) electrons. The largest absolute Gasteiger partial charge is 0.416 e. The quantitative estimate of drug-likeness (QED) is 0.726. The molecular weight excluding hydrogens is 411 g/mol. The van der Waals surface area contributed by atoms with Crippen molar-refractivity contribution >= 4 is 17.8 Å². The smallest absolute Gasteiger partial charge is 0.340 e. The molecule has 31 heavy (non-hydrogen) atoms. The van der Waals surface area contributed by atoms with Crippen molar-refractivity contribution in [1.82, 2.24) is 15.1 Å². The van der Waals surface area contributed by atoms with Gasteiger partial charge in [-0.05, 0) is 48.3 Å². The van der Waals surface area contributed by atoms with Crippen molar-refractivity contribution in [3.05, 3.63) is 35.4 Å². The average molecular weight is 439 g/mol. The standard InChI is InChI=1S/C22H28F3N3O3/c1-14-9-20(2,3)13-21(10-14)18(30)28(19(31)26-21)12-17(29)27(4)11-15-5-7-16(8-6-15)22(23,24)25/h5-8,14H,9-13H2,1-4H3,(H,26,31). The van der Waals surface area contributed by atoms with Crippen LogP contribution in [-0.4, -0.2) is 46.8 Å². The van der Waals surface area contributed by atoms with Gasteiger partial charge < -0.3 is 10.2 Å². The van der Waals surface area contributed by atoms with Crippen LogP contribution < -0.4 is 5.32 Å². The minimum atomic E-state index is -4.43. The molecule has 3 rings (SSSR count). The van der Waals surface area contributed by atoms with Crippen LogP contribution in [0.25, 0.3) is 0 Å². The number of carbonyl (C=O) groups is 3. The fourth-order valence-corrected chi connectivity index (χ4v) is 5.07. The summed E-state index contributed by atoms with van der Waals surface area (Å²) in [4.78, 5) is 40.6. The van der Waals surface area contributed by atoms with Gasteiger partial charge in [0.25, 0.3) is 5.91 Å². The number of hydrogen-bond donors (Lipinski definition) is 1. The van der Waals surface area contributed by atoms with Gasteiger partial charge in [0.15, 0.2) is 0 Å². The number of hydrogen-bond acceptors (Lipinski definition) is 3. The SMILES string of the molecule is CC1CC(C)(C)CC2(C1)NC(=O)N(CC(=O)N(C)Cc1ccc(C(F)(F)F)cc1)C2=O. The van der Waals surface area contributed by atoms with Crippen LogP contribution in [0.5, 0.6) is 0 Å². The maximum Gasteiger partial charge on any atom is 0.416 e. The van der Waals surface area contributed by atoms with Crippen LogP contribution in [0, 0.1) is 11.3 Å². The van der Waals surface area contributed by atoms with Crippen LogP contribution in [0.2, 0.25) is 0 Å². The molecule has 2 atom stereocenters. The predicted octanol–water partition coefficient (Wildman–Crippen LogP) is 3.80. The van der Waals surface area contributed by atoms with E-state index in [1.54, 1.807) is 0 Å². The molecule has 1 heterocycles. The van der Waals surface area contributed by atoms with Crippen LogP contribution in [0.1, 0.15) is 51.2 Å². The highest BCUT2D eigenvalue weighted by molar-refractivity contribution is 6.09. The summed E-state index contributed by atoms with van der Waals surface area (Å²) in [7, 11) is 1.49. The number of rotatable bonds is 4. The third kappa shape index (κ3) is 4.85. The first-order chi connectivity index (χ1) is 14.2. The zero-order chi connectivity index (χ0) is 23.2. The minimum absolute atomic E-state index is 0.0653. The molecule has 1 saturated carbocycles. The van der Waals surface area contributed by atoms with E-state index < -0.39 is 35.8 Å². The molecule has 2 unspecified atom stereocenters. The maximum atomic E-state index is 13.1. The van der Waals surface area contributed by atoms with E-state index in [4.69, 9.17) is 0 Å². The molecule has 0 bridgehead atoms. The number of likely N-dealkylation sites (N-methyl/N-ethyl adjacent to an activating group) is 1.